The molecule has 1 atom stereocenters. The summed E-state index contributed by atoms with van der Waals surface area (Å²) in [5.74, 6) is 1.23. The molecule has 26 heavy (non-hydrogen) atoms. The van der Waals surface area contributed by atoms with Crippen molar-refractivity contribution in [2.75, 3.05) is 20.3 Å². The molecule has 0 aliphatic heterocycles. The first-order chi connectivity index (χ1) is 12.3. The predicted octanol–water partition coefficient (Wildman–Crippen LogP) is 5.05. The van der Waals surface area contributed by atoms with E-state index < -0.39 is 4.83 Å². The Morgan fingerprint density at radius 2 is 1.38 bits per heavy atom. The molecule has 4 nitrogen and oxygen atoms in total. The summed E-state index contributed by atoms with van der Waals surface area (Å²) in [7, 11) is 1.37. The van der Waals surface area contributed by atoms with Crippen LogP contribution >= 0.6 is 15.9 Å². The molecule has 0 amide bonds. The zero-order chi connectivity index (χ0) is 19.2. The third-order valence-corrected chi connectivity index (χ3v) is 4.82. The summed E-state index contributed by atoms with van der Waals surface area (Å²) in [4.78, 5) is 11.0. The van der Waals surface area contributed by atoms with Crippen molar-refractivity contribution in [2.24, 2.45) is 0 Å². The van der Waals surface area contributed by atoms with Crippen LogP contribution in [0.15, 0.2) is 48.5 Å². The lowest BCUT2D eigenvalue weighted by molar-refractivity contribution is -0.139. The Hall–Kier alpha value is -2.01. The Morgan fingerprint density at radius 1 is 0.923 bits per heavy atom. The van der Waals surface area contributed by atoms with E-state index in [9.17, 15) is 4.79 Å². The van der Waals surface area contributed by atoms with Gasteiger partial charge in [-0.3, -0.25) is 4.79 Å². The highest BCUT2D eigenvalue weighted by atomic mass is 79.9. The summed E-state index contributed by atoms with van der Waals surface area (Å²) in [6, 6.07) is 15.5. The van der Waals surface area contributed by atoms with Crippen molar-refractivity contribution >= 4 is 21.9 Å². The molecule has 0 saturated carbocycles. The van der Waals surface area contributed by atoms with Crippen molar-refractivity contribution in [2.45, 2.75) is 31.0 Å². The number of halogens is 1. The van der Waals surface area contributed by atoms with Gasteiger partial charge in [-0.05, 0) is 40.8 Å². The standard InChI is InChI=1S/C21H25BrO4/c1-21(2,3)16-7-11-18(12-8-16)26-14-13-25-17-9-5-15(6-10-17)19(22)20(23)24-4/h5-12,19H,13-14H2,1-4H3. The van der Waals surface area contributed by atoms with Gasteiger partial charge in [-0.15, -0.1) is 0 Å². The Kier molecular flexibility index (Phi) is 7.09. The van der Waals surface area contributed by atoms with Crippen molar-refractivity contribution in [3.8, 4) is 11.5 Å². The molecular weight excluding hydrogens is 396 g/mol. The Morgan fingerprint density at radius 3 is 1.81 bits per heavy atom. The third-order valence-electron chi connectivity index (χ3n) is 3.92. The first-order valence-corrected chi connectivity index (χ1v) is 9.41. The maximum Gasteiger partial charge on any atom is 0.323 e. The Bertz CT molecular complexity index is 702. The van der Waals surface area contributed by atoms with E-state index in [1.807, 2.05) is 36.4 Å². The summed E-state index contributed by atoms with van der Waals surface area (Å²) in [5, 5.41) is 0. The minimum absolute atomic E-state index is 0.135. The second-order valence-electron chi connectivity index (χ2n) is 6.93. The summed E-state index contributed by atoms with van der Waals surface area (Å²) >= 11 is 3.31. The highest BCUT2D eigenvalue weighted by Crippen LogP contribution is 2.26. The van der Waals surface area contributed by atoms with Gasteiger partial charge < -0.3 is 14.2 Å². The zero-order valence-electron chi connectivity index (χ0n) is 15.6. The fourth-order valence-electron chi connectivity index (χ4n) is 2.34. The minimum atomic E-state index is -0.471. The van der Waals surface area contributed by atoms with E-state index in [1.165, 1.54) is 12.7 Å². The lowest BCUT2D eigenvalue weighted by atomic mass is 9.87. The van der Waals surface area contributed by atoms with Crippen LogP contribution in [0.4, 0.5) is 0 Å². The van der Waals surface area contributed by atoms with Crippen LogP contribution in [0.25, 0.3) is 0 Å². The van der Waals surface area contributed by atoms with Crippen LogP contribution in [0.5, 0.6) is 11.5 Å². The molecule has 0 aliphatic carbocycles. The average Bonchev–Trinajstić information content (AvgIpc) is 2.64. The van der Waals surface area contributed by atoms with E-state index in [-0.39, 0.29) is 11.4 Å². The lowest BCUT2D eigenvalue weighted by Crippen LogP contribution is -2.11. The van der Waals surface area contributed by atoms with Crippen molar-refractivity contribution in [1.82, 2.24) is 0 Å². The molecule has 0 bridgehead atoms. The highest BCUT2D eigenvalue weighted by Gasteiger charge is 2.17. The largest absolute Gasteiger partial charge is 0.490 e. The van der Waals surface area contributed by atoms with Crippen LogP contribution in [0.3, 0.4) is 0 Å². The van der Waals surface area contributed by atoms with Crippen LogP contribution < -0.4 is 9.47 Å². The van der Waals surface area contributed by atoms with Crippen LogP contribution in [0, 0.1) is 0 Å². The maximum absolute atomic E-state index is 11.5. The number of benzene rings is 2. The van der Waals surface area contributed by atoms with E-state index in [2.05, 4.69) is 48.8 Å². The molecule has 140 valence electrons. The Balaban J connectivity index is 1.78. The van der Waals surface area contributed by atoms with Gasteiger partial charge in [0.05, 0.1) is 7.11 Å². The molecule has 5 heteroatoms. The fraction of sp³-hybridized carbons (Fsp3) is 0.381. The quantitative estimate of drug-likeness (QED) is 0.357. The number of hydrogen-bond acceptors (Lipinski definition) is 4. The number of carbonyl (C=O) groups excluding carboxylic acids is 1. The van der Waals surface area contributed by atoms with Crippen molar-refractivity contribution < 1.29 is 19.0 Å². The molecular formula is C21H25BrO4. The first-order valence-electron chi connectivity index (χ1n) is 8.49. The highest BCUT2D eigenvalue weighted by molar-refractivity contribution is 9.09. The summed E-state index contributed by atoms with van der Waals surface area (Å²) in [6.07, 6.45) is 0. The number of carbonyl (C=O) groups is 1. The topological polar surface area (TPSA) is 44.8 Å². The van der Waals surface area contributed by atoms with Crippen molar-refractivity contribution in [3.63, 3.8) is 0 Å². The molecule has 0 radical (unpaired) electrons. The minimum Gasteiger partial charge on any atom is -0.490 e. The van der Waals surface area contributed by atoms with Gasteiger partial charge in [-0.1, -0.05) is 61.0 Å². The van der Waals surface area contributed by atoms with Gasteiger partial charge in [0.2, 0.25) is 0 Å². The molecule has 0 fully saturated rings. The molecule has 0 N–H and O–H groups in total. The number of esters is 1. The van der Waals surface area contributed by atoms with E-state index in [0.717, 1.165) is 17.1 Å². The molecule has 1 unspecified atom stereocenters. The smallest absolute Gasteiger partial charge is 0.323 e. The summed E-state index contributed by atoms with van der Waals surface area (Å²) in [5.41, 5.74) is 2.23. The number of rotatable bonds is 7. The predicted molar refractivity (Wildman–Crippen MR) is 106 cm³/mol. The normalized spacial score (nSPS) is 12.3. The van der Waals surface area contributed by atoms with E-state index in [0.29, 0.717) is 13.2 Å². The zero-order valence-corrected chi connectivity index (χ0v) is 17.2. The van der Waals surface area contributed by atoms with E-state index in [4.69, 9.17) is 14.2 Å². The number of ether oxygens (including phenoxy) is 3. The van der Waals surface area contributed by atoms with Gasteiger partial charge >= 0.3 is 5.97 Å². The third kappa shape index (κ3) is 5.77. The summed E-state index contributed by atoms with van der Waals surface area (Å²) < 4.78 is 16.1. The first kappa shape index (κ1) is 20.3. The van der Waals surface area contributed by atoms with Gasteiger partial charge in [0.15, 0.2) is 0 Å². The molecule has 0 heterocycles. The van der Waals surface area contributed by atoms with Gasteiger partial charge in [-0.25, -0.2) is 0 Å². The SMILES string of the molecule is COC(=O)C(Br)c1ccc(OCCOc2ccc(C(C)(C)C)cc2)cc1. The van der Waals surface area contributed by atoms with Crippen LogP contribution in [0.2, 0.25) is 0 Å². The molecule has 0 spiro atoms. The molecule has 0 aliphatic rings. The van der Waals surface area contributed by atoms with Crippen molar-refractivity contribution in [3.05, 3.63) is 59.7 Å². The second-order valence-corrected chi connectivity index (χ2v) is 7.84. The number of methoxy groups -OCH3 is 1. The molecule has 0 aromatic heterocycles. The maximum atomic E-state index is 11.5. The van der Waals surface area contributed by atoms with Crippen LogP contribution in [-0.4, -0.2) is 26.3 Å². The van der Waals surface area contributed by atoms with Crippen LogP contribution in [-0.2, 0) is 14.9 Å². The second kappa shape index (κ2) is 9.08. The molecule has 2 aromatic carbocycles. The van der Waals surface area contributed by atoms with Crippen LogP contribution in [0.1, 0.15) is 36.7 Å². The van der Waals surface area contributed by atoms with Crippen molar-refractivity contribution in [1.29, 1.82) is 0 Å². The number of alkyl halides is 1. The van der Waals surface area contributed by atoms with E-state index in [1.54, 1.807) is 0 Å². The lowest BCUT2D eigenvalue weighted by Gasteiger charge is -2.19. The average molecular weight is 421 g/mol. The van der Waals surface area contributed by atoms with E-state index >= 15 is 0 Å². The van der Waals surface area contributed by atoms with Gasteiger partial charge in [0.1, 0.15) is 29.5 Å². The monoisotopic (exact) mass is 420 g/mol. The molecule has 0 saturated heterocycles. The number of hydrogen-bond donors (Lipinski definition) is 0. The fourth-order valence-corrected chi connectivity index (χ4v) is 2.83. The molecule has 2 aromatic rings. The molecule has 2 rings (SSSR count). The van der Waals surface area contributed by atoms with Gasteiger partial charge in [0, 0.05) is 0 Å². The summed E-state index contributed by atoms with van der Waals surface area (Å²) in [6.45, 7) is 7.45. The van der Waals surface area contributed by atoms with Gasteiger partial charge in [-0.2, -0.15) is 0 Å². The van der Waals surface area contributed by atoms with Gasteiger partial charge in [0.25, 0.3) is 0 Å². The Labute approximate surface area is 163 Å².